The van der Waals surface area contributed by atoms with E-state index < -0.39 is 0 Å². The van der Waals surface area contributed by atoms with Crippen molar-refractivity contribution in [1.29, 1.82) is 0 Å². The van der Waals surface area contributed by atoms with Gasteiger partial charge in [0.05, 0.1) is 7.11 Å². The van der Waals surface area contributed by atoms with Gasteiger partial charge in [0.15, 0.2) is 0 Å². The molecule has 0 spiro atoms. The lowest BCUT2D eigenvalue weighted by Crippen LogP contribution is -2.33. The first kappa shape index (κ1) is 10.1. The number of hydroxylamine groups is 1. The van der Waals surface area contributed by atoms with Crippen LogP contribution in [0.1, 0.15) is 17.5 Å². The molecule has 76 valence electrons. The summed E-state index contributed by atoms with van der Waals surface area (Å²) in [5.41, 5.74) is 5.93. The smallest absolute Gasteiger partial charge is 0.0572 e. The Morgan fingerprint density at radius 2 is 2.29 bits per heavy atom. The second kappa shape index (κ2) is 4.43. The van der Waals surface area contributed by atoms with Crippen molar-refractivity contribution in [2.75, 3.05) is 7.11 Å². The topological polar surface area (TPSA) is 21.3 Å². The van der Waals surface area contributed by atoms with Crippen LogP contribution in [0.3, 0.4) is 0 Å². The van der Waals surface area contributed by atoms with Crippen LogP contribution in [0, 0.1) is 0 Å². The highest BCUT2D eigenvalue weighted by atomic mass is 79.9. The average Bonchev–Trinajstić information content (AvgIpc) is 2.19. The lowest BCUT2D eigenvalue weighted by molar-refractivity contribution is 0.0565. The number of fused-ring (bicyclic) bond motifs is 1. The van der Waals surface area contributed by atoms with Crippen LogP contribution in [0.15, 0.2) is 22.7 Å². The number of hydrogen-bond acceptors (Lipinski definition) is 2. The Labute approximate surface area is 92.7 Å². The van der Waals surface area contributed by atoms with Crippen molar-refractivity contribution < 1.29 is 4.84 Å². The van der Waals surface area contributed by atoms with Gasteiger partial charge in [0.1, 0.15) is 0 Å². The molecule has 0 amide bonds. The predicted molar refractivity (Wildman–Crippen MR) is 60.1 cm³/mol. The molecule has 2 rings (SSSR count). The van der Waals surface area contributed by atoms with E-state index in [1.807, 2.05) is 0 Å². The van der Waals surface area contributed by atoms with Gasteiger partial charge in [-0.15, -0.1) is 0 Å². The molecule has 1 N–H and O–H groups in total. The summed E-state index contributed by atoms with van der Waals surface area (Å²) in [6, 6.07) is 6.99. The maximum atomic E-state index is 4.96. The first-order chi connectivity index (χ1) is 6.79. The van der Waals surface area contributed by atoms with E-state index in [1.54, 1.807) is 7.11 Å². The third-order valence-corrected chi connectivity index (χ3v) is 3.17. The summed E-state index contributed by atoms with van der Waals surface area (Å²) < 4.78 is 1.18. The van der Waals surface area contributed by atoms with E-state index in [1.165, 1.54) is 15.6 Å². The minimum Gasteiger partial charge on any atom is -0.305 e. The van der Waals surface area contributed by atoms with Crippen LogP contribution in [0.4, 0.5) is 0 Å². The van der Waals surface area contributed by atoms with Gasteiger partial charge in [-0.2, -0.15) is 5.48 Å². The molecule has 0 saturated heterocycles. The number of rotatable bonds is 2. The van der Waals surface area contributed by atoms with Gasteiger partial charge in [-0.3, -0.25) is 0 Å². The van der Waals surface area contributed by atoms with Crippen LogP contribution in [0.2, 0.25) is 0 Å². The standard InChI is InChI=1S/C11H14BrNO/c1-14-13-11-5-3-8-6-10(12)4-2-9(8)7-11/h2,4,6,11,13H,3,5,7H2,1H3. The monoisotopic (exact) mass is 255 g/mol. The second-order valence-electron chi connectivity index (χ2n) is 3.67. The molecular weight excluding hydrogens is 242 g/mol. The average molecular weight is 256 g/mol. The van der Waals surface area contributed by atoms with Crippen molar-refractivity contribution >= 4 is 15.9 Å². The highest BCUT2D eigenvalue weighted by Gasteiger charge is 2.17. The van der Waals surface area contributed by atoms with E-state index in [2.05, 4.69) is 39.6 Å². The Morgan fingerprint density at radius 1 is 1.43 bits per heavy atom. The van der Waals surface area contributed by atoms with E-state index >= 15 is 0 Å². The quantitative estimate of drug-likeness (QED) is 0.821. The number of aryl methyl sites for hydroxylation is 1. The Bertz CT molecular complexity index is 327. The molecule has 1 aromatic carbocycles. The minimum absolute atomic E-state index is 0.466. The van der Waals surface area contributed by atoms with E-state index in [-0.39, 0.29) is 0 Å². The van der Waals surface area contributed by atoms with Gasteiger partial charge in [0, 0.05) is 10.5 Å². The molecule has 0 bridgehead atoms. The zero-order chi connectivity index (χ0) is 9.97. The molecule has 1 unspecified atom stereocenters. The molecule has 14 heavy (non-hydrogen) atoms. The summed E-state index contributed by atoms with van der Waals surface area (Å²) in [4.78, 5) is 4.96. The second-order valence-corrected chi connectivity index (χ2v) is 4.59. The molecule has 0 heterocycles. The zero-order valence-corrected chi connectivity index (χ0v) is 9.80. The van der Waals surface area contributed by atoms with Crippen molar-refractivity contribution in [2.45, 2.75) is 25.3 Å². The fourth-order valence-corrected chi connectivity index (χ4v) is 2.40. The molecule has 1 aliphatic rings. The number of hydrogen-bond donors (Lipinski definition) is 1. The normalized spacial score (nSPS) is 20.6. The number of benzene rings is 1. The van der Waals surface area contributed by atoms with Gasteiger partial charge in [-0.25, -0.2) is 0 Å². The van der Waals surface area contributed by atoms with Crippen LogP contribution >= 0.6 is 15.9 Å². The van der Waals surface area contributed by atoms with Crippen molar-refractivity contribution in [3.8, 4) is 0 Å². The van der Waals surface area contributed by atoms with Crippen LogP contribution in [-0.4, -0.2) is 13.2 Å². The largest absolute Gasteiger partial charge is 0.305 e. The number of halogens is 1. The van der Waals surface area contributed by atoms with Gasteiger partial charge in [0.2, 0.25) is 0 Å². The Morgan fingerprint density at radius 3 is 3.07 bits per heavy atom. The van der Waals surface area contributed by atoms with Crippen LogP contribution in [0.5, 0.6) is 0 Å². The SMILES string of the molecule is CONC1CCc2cc(Br)ccc2C1. The maximum Gasteiger partial charge on any atom is 0.0572 e. The molecule has 1 aromatic rings. The Balaban J connectivity index is 2.15. The number of nitrogens with one attached hydrogen (secondary N) is 1. The molecule has 1 aliphatic carbocycles. The van der Waals surface area contributed by atoms with Gasteiger partial charge in [0.25, 0.3) is 0 Å². The summed E-state index contributed by atoms with van der Waals surface area (Å²) in [5.74, 6) is 0. The van der Waals surface area contributed by atoms with Crippen molar-refractivity contribution in [3.63, 3.8) is 0 Å². The van der Waals surface area contributed by atoms with Crippen molar-refractivity contribution in [1.82, 2.24) is 5.48 Å². The highest BCUT2D eigenvalue weighted by Crippen LogP contribution is 2.24. The first-order valence-electron chi connectivity index (χ1n) is 4.85. The molecule has 0 aromatic heterocycles. The molecular formula is C11H14BrNO. The fourth-order valence-electron chi connectivity index (χ4n) is 1.99. The summed E-state index contributed by atoms with van der Waals surface area (Å²) in [5, 5.41) is 0. The molecule has 2 nitrogen and oxygen atoms in total. The van der Waals surface area contributed by atoms with Crippen molar-refractivity contribution in [3.05, 3.63) is 33.8 Å². The predicted octanol–water partition coefficient (Wildman–Crippen LogP) is 2.46. The van der Waals surface area contributed by atoms with E-state index in [0.717, 1.165) is 19.3 Å². The van der Waals surface area contributed by atoms with Crippen LogP contribution in [-0.2, 0) is 17.7 Å². The van der Waals surface area contributed by atoms with E-state index in [0.29, 0.717) is 6.04 Å². The zero-order valence-electron chi connectivity index (χ0n) is 8.22. The third-order valence-electron chi connectivity index (χ3n) is 2.68. The van der Waals surface area contributed by atoms with Crippen LogP contribution < -0.4 is 5.48 Å². The third kappa shape index (κ3) is 2.16. The van der Waals surface area contributed by atoms with Gasteiger partial charge in [-0.05, 0) is 42.5 Å². The molecule has 0 fully saturated rings. The summed E-state index contributed by atoms with van der Waals surface area (Å²) in [7, 11) is 1.68. The molecule has 3 heteroatoms. The van der Waals surface area contributed by atoms with Crippen LogP contribution in [0.25, 0.3) is 0 Å². The lowest BCUT2D eigenvalue weighted by Gasteiger charge is -2.24. The molecule has 1 atom stereocenters. The van der Waals surface area contributed by atoms with Gasteiger partial charge in [-0.1, -0.05) is 22.0 Å². The lowest BCUT2D eigenvalue weighted by atomic mass is 9.89. The fraction of sp³-hybridized carbons (Fsp3) is 0.455. The molecule has 0 saturated carbocycles. The minimum atomic E-state index is 0.466. The van der Waals surface area contributed by atoms with E-state index in [9.17, 15) is 0 Å². The highest BCUT2D eigenvalue weighted by molar-refractivity contribution is 9.10. The Kier molecular flexibility index (Phi) is 3.21. The van der Waals surface area contributed by atoms with Crippen molar-refractivity contribution in [2.24, 2.45) is 0 Å². The molecule has 0 aliphatic heterocycles. The van der Waals surface area contributed by atoms with Gasteiger partial charge >= 0.3 is 0 Å². The molecule has 0 radical (unpaired) electrons. The summed E-state index contributed by atoms with van der Waals surface area (Å²) >= 11 is 3.50. The summed E-state index contributed by atoms with van der Waals surface area (Å²) in [6.07, 6.45) is 3.35. The maximum absolute atomic E-state index is 4.96. The summed E-state index contributed by atoms with van der Waals surface area (Å²) in [6.45, 7) is 0. The van der Waals surface area contributed by atoms with E-state index in [4.69, 9.17) is 4.84 Å². The van der Waals surface area contributed by atoms with Gasteiger partial charge < -0.3 is 4.84 Å². The first-order valence-corrected chi connectivity index (χ1v) is 5.64. The Hall–Kier alpha value is -0.380.